The number of benzene rings is 2. The average molecular weight is 474 g/mol. The van der Waals surface area contributed by atoms with Gasteiger partial charge in [0.25, 0.3) is 11.7 Å². The van der Waals surface area contributed by atoms with E-state index in [2.05, 4.69) is 15.9 Å². The third-order valence-electron chi connectivity index (χ3n) is 4.78. The van der Waals surface area contributed by atoms with Crippen molar-refractivity contribution in [3.63, 3.8) is 0 Å². The molecule has 158 valence electrons. The second kappa shape index (κ2) is 9.45. The summed E-state index contributed by atoms with van der Waals surface area (Å²) in [7, 11) is 0. The van der Waals surface area contributed by atoms with Gasteiger partial charge in [-0.05, 0) is 47.9 Å². The molecule has 1 fully saturated rings. The van der Waals surface area contributed by atoms with Crippen molar-refractivity contribution in [2.75, 3.05) is 19.8 Å². The van der Waals surface area contributed by atoms with Gasteiger partial charge in [0.1, 0.15) is 11.5 Å². The van der Waals surface area contributed by atoms with Gasteiger partial charge in [0.15, 0.2) is 0 Å². The van der Waals surface area contributed by atoms with Crippen LogP contribution in [0.3, 0.4) is 0 Å². The van der Waals surface area contributed by atoms with Gasteiger partial charge in [0, 0.05) is 16.6 Å². The fourth-order valence-corrected chi connectivity index (χ4v) is 3.60. The highest BCUT2D eigenvalue weighted by Crippen LogP contribution is 2.39. The van der Waals surface area contributed by atoms with E-state index in [1.54, 1.807) is 48.5 Å². The van der Waals surface area contributed by atoms with E-state index in [1.807, 2.05) is 13.8 Å². The number of ether oxygens (including phenoxy) is 1. The normalized spacial score (nSPS) is 18.3. The molecule has 2 aromatic carbocycles. The summed E-state index contributed by atoms with van der Waals surface area (Å²) in [6.45, 7) is 4.37. The molecule has 1 heterocycles. The lowest BCUT2D eigenvalue weighted by molar-refractivity contribution is -0.140. The maximum absolute atomic E-state index is 12.8. The highest BCUT2D eigenvalue weighted by Gasteiger charge is 2.45. The van der Waals surface area contributed by atoms with Crippen molar-refractivity contribution >= 4 is 33.4 Å². The molecular weight excluding hydrogens is 450 g/mol. The molecule has 3 rings (SSSR count). The van der Waals surface area contributed by atoms with E-state index in [0.717, 1.165) is 4.47 Å². The van der Waals surface area contributed by atoms with Crippen molar-refractivity contribution in [3.8, 4) is 5.75 Å². The number of carbonyl (C=O) groups excluding carboxylic acids is 2. The first kappa shape index (κ1) is 22.1. The lowest BCUT2D eigenvalue weighted by Gasteiger charge is -2.24. The van der Waals surface area contributed by atoms with Crippen LogP contribution in [0.25, 0.3) is 5.76 Å². The van der Waals surface area contributed by atoms with Crippen LogP contribution < -0.4 is 4.74 Å². The predicted octanol–water partition coefficient (Wildman–Crippen LogP) is 3.90. The fraction of sp³-hybridized carbons (Fsp3) is 0.304. The lowest BCUT2D eigenvalue weighted by atomic mass is 9.95. The molecule has 0 radical (unpaired) electrons. The van der Waals surface area contributed by atoms with Crippen LogP contribution >= 0.6 is 15.9 Å². The average Bonchev–Trinajstić information content (AvgIpc) is 2.98. The minimum atomic E-state index is -0.776. The first-order chi connectivity index (χ1) is 14.3. The molecule has 1 aliphatic heterocycles. The fourth-order valence-electron chi connectivity index (χ4n) is 3.34. The molecule has 6 nitrogen and oxygen atoms in total. The predicted molar refractivity (Wildman–Crippen MR) is 117 cm³/mol. The second-order valence-corrected chi connectivity index (χ2v) is 8.41. The third kappa shape index (κ3) is 4.57. The molecule has 0 unspecified atom stereocenters. The summed E-state index contributed by atoms with van der Waals surface area (Å²) in [4.78, 5) is 26.7. The molecule has 2 aromatic rings. The van der Waals surface area contributed by atoms with Crippen molar-refractivity contribution in [2.45, 2.75) is 19.9 Å². The Morgan fingerprint density at radius 1 is 1.10 bits per heavy atom. The number of halogens is 1. The number of β-amino-alcohol motifs (C(OH)–C–C–N with tert-alkyl or cyclic N) is 1. The molecular formula is C23H24BrNO5. The van der Waals surface area contributed by atoms with Crippen LogP contribution in [0.5, 0.6) is 5.75 Å². The number of aliphatic hydroxyl groups excluding tert-OH is 2. The molecule has 0 aliphatic carbocycles. The van der Waals surface area contributed by atoms with Gasteiger partial charge in [-0.15, -0.1) is 0 Å². The summed E-state index contributed by atoms with van der Waals surface area (Å²) in [5.74, 6) is -0.724. The van der Waals surface area contributed by atoms with Gasteiger partial charge < -0.3 is 19.8 Å². The molecule has 1 atom stereocenters. The van der Waals surface area contributed by atoms with E-state index in [4.69, 9.17) is 4.74 Å². The highest BCUT2D eigenvalue weighted by molar-refractivity contribution is 9.10. The van der Waals surface area contributed by atoms with Crippen molar-refractivity contribution in [1.29, 1.82) is 0 Å². The highest BCUT2D eigenvalue weighted by atomic mass is 79.9. The van der Waals surface area contributed by atoms with Crippen LogP contribution in [0.2, 0.25) is 0 Å². The maximum Gasteiger partial charge on any atom is 0.295 e. The largest absolute Gasteiger partial charge is 0.507 e. The van der Waals surface area contributed by atoms with E-state index >= 15 is 0 Å². The summed E-state index contributed by atoms with van der Waals surface area (Å²) < 4.78 is 6.51. The summed E-state index contributed by atoms with van der Waals surface area (Å²) in [5.41, 5.74) is 1.09. The quantitative estimate of drug-likeness (QED) is 0.361. The van der Waals surface area contributed by atoms with Crippen molar-refractivity contribution < 1.29 is 24.5 Å². The number of hydrogen-bond donors (Lipinski definition) is 2. The Hall–Kier alpha value is -2.64. The topological polar surface area (TPSA) is 87.1 Å². The van der Waals surface area contributed by atoms with E-state index in [0.29, 0.717) is 29.4 Å². The molecule has 2 N–H and O–H groups in total. The Kier molecular flexibility index (Phi) is 6.95. The standard InChI is InChI=1S/C23H24BrNO5/c1-14(2)13-30-18-9-5-16(6-10-18)21(27)19-20(15-3-7-17(24)8-4-15)25(11-12-26)23(29)22(19)28/h3-10,14,20,26-27H,11-13H2,1-2H3/t20-/m1/s1. The zero-order chi connectivity index (χ0) is 21.8. The van der Waals surface area contributed by atoms with Crippen LogP contribution in [0.4, 0.5) is 0 Å². The van der Waals surface area contributed by atoms with E-state index in [1.165, 1.54) is 4.90 Å². The Morgan fingerprint density at radius 3 is 2.30 bits per heavy atom. The minimum Gasteiger partial charge on any atom is -0.507 e. The van der Waals surface area contributed by atoms with E-state index < -0.39 is 17.7 Å². The van der Waals surface area contributed by atoms with Gasteiger partial charge in [-0.25, -0.2) is 0 Å². The second-order valence-electron chi connectivity index (χ2n) is 7.50. The van der Waals surface area contributed by atoms with Gasteiger partial charge in [0.05, 0.1) is 24.8 Å². The number of ketones is 1. The number of carbonyl (C=O) groups is 2. The van der Waals surface area contributed by atoms with Gasteiger partial charge in [-0.1, -0.05) is 41.9 Å². The number of nitrogens with zero attached hydrogens (tertiary/aromatic N) is 1. The maximum atomic E-state index is 12.8. The molecule has 30 heavy (non-hydrogen) atoms. The molecule has 0 aromatic heterocycles. The molecule has 0 bridgehead atoms. The zero-order valence-corrected chi connectivity index (χ0v) is 18.4. The Labute approximate surface area is 183 Å². The number of rotatable bonds is 7. The molecule has 7 heteroatoms. The zero-order valence-electron chi connectivity index (χ0n) is 16.8. The van der Waals surface area contributed by atoms with E-state index in [9.17, 15) is 19.8 Å². The Bertz CT molecular complexity index is 951. The third-order valence-corrected chi connectivity index (χ3v) is 5.31. The van der Waals surface area contributed by atoms with Gasteiger partial charge in [0.2, 0.25) is 0 Å². The SMILES string of the molecule is CC(C)COc1ccc(C(O)=C2C(=O)C(=O)N(CCO)[C@@H]2c2ccc(Br)cc2)cc1. The summed E-state index contributed by atoms with van der Waals surface area (Å²) in [6, 6.07) is 13.1. The first-order valence-corrected chi connectivity index (χ1v) is 10.5. The number of Topliss-reactive ketones (excluding diaryl/α,β-unsaturated/α-hetero) is 1. The molecule has 1 aliphatic rings. The number of likely N-dealkylation sites (tertiary alicyclic amines) is 1. The first-order valence-electron chi connectivity index (χ1n) is 9.71. The number of hydrogen-bond acceptors (Lipinski definition) is 5. The van der Waals surface area contributed by atoms with Gasteiger partial charge in [-0.2, -0.15) is 0 Å². The van der Waals surface area contributed by atoms with Crippen molar-refractivity contribution in [3.05, 3.63) is 69.7 Å². The summed E-state index contributed by atoms with van der Waals surface area (Å²) in [5, 5.41) is 20.4. The lowest BCUT2D eigenvalue weighted by Crippen LogP contribution is -2.32. The van der Waals surface area contributed by atoms with Crippen LogP contribution in [0.1, 0.15) is 31.0 Å². The van der Waals surface area contributed by atoms with E-state index in [-0.39, 0.29) is 24.5 Å². The van der Waals surface area contributed by atoms with Crippen molar-refractivity contribution in [2.24, 2.45) is 5.92 Å². The Balaban J connectivity index is 2.02. The molecule has 0 saturated carbocycles. The summed E-state index contributed by atoms with van der Waals surface area (Å²) in [6.07, 6.45) is 0. The van der Waals surface area contributed by atoms with Crippen LogP contribution in [0.15, 0.2) is 58.6 Å². The smallest absolute Gasteiger partial charge is 0.295 e. The van der Waals surface area contributed by atoms with Crippen LogP contribution in [0, 0.1) is 5.92 Å². The minimum absolute atomic E-state index is 0.00613. The molecule has 1 saturated heterocycles. The van der Waals surface area contributed by atoms with Crippen molar-refractivity contribution in [1.82, 2.24) is 4.90 Å². The molecule has 0 spiro atoms. The number of amides is 1. The Morgan fingerprint density at radius 2 is 1.73 bits per heavy atom. The van der Waals surface area contributed by atoms with Crippen LogP contribution in [-0.4, -0.2) is 46.6 Å². The monoisotopic (exact) mass is 473 g/mol. The number of aliphatic hydroxyl groups is 2. The summed E-state index contributed by atoms with van der Waals surface area (Å²) >= 11 is 3.37. The molecule has 1 amide bonds. The van der Waals surface area contributed by atoms with Gasteiger partial charge >= 0.3 is 0 Å². The van der Waals surface area contributed by atoms with Crippen LogP contribution in [-0.2, 0) is 9.59 Å². The van der Waals surface area contributed by atoms with Gasteiger partial charge in [-0.3, -0.25) is 9.59 Å².